The van der Waals surface area contributed by atoms with Crippen LogP contribution in [0.2, 0.25) is 0 Å². The number of amides is 2. The van der Waals surface area contributed by atoms with Gasteiger partial charge in [0, 0.05) is 17.9 Å². The molecular formula is C19H20F3N3O. The molecule has 1 heterocycles. The molecule has 2 amide bonds. The third-order valence-electron chi connectivity index (χ3n) is 4.31. The van der Waals surface area contributed by atoms with Crippen molar-refractivity contribution in [3.8, 4) is 0 Å². The molecule has 0 aromatic heterocycles. The number of alkyl halides is 3. The molecule has 26 heavy (non-hydrogen) atoms. The maximum Gasteiger partial charge on any atom is 0.416 e. The van der Waals surface area contributed by atoms with Crippen LogP contribution in [-0.2, 0) is 12.7 Å². The van der Waals surface area contributed by atoms with E-state index in [2.05, 4.69) is 15.5 Å². The molecule has 0 atom stereocenters. The SMILES string of the molecule is O=C(Nc1ccccc1)Nc1cc(C(F)(F)F)ccc1CN1CCCC1. The second kappa shape index (κ2) is 7.78. The lowest BCUT2D eigenvalue weighted by Gasteiger charge is -2.19. The van der Waals surface area contributed by atoms with Gasteiger partial charge in [-0.2, -0.15) is 13.2 Å². The number of nitrogens with zero attached hydrogens (tertiary/aromatic N) is 1. The number of nitrogens with one attached hydrogen (secondary N) is 2. The number of likely N-dealkylation sites (tertiary alicyclic amines) is 1. The molecule has 2 N–H and O–H groups in total. The minimum Gasteiger partial charge on any atom is -0.308 e. The monoisotopic (exact) mass is 363 g/mol. The quantitative estimate of drug-likeness (QED) is 0.808. The van der Waals surface area contributed by atoms with Crippen molar-refractivity contribution in [2.24, 2.45) is 0 Å². The largest absolute Gasteiger partial charge is 0.416 e. The van der Waals surface area contributed by atoms with E-state index in [1.54, 1.807) is 24.3 Å². The summed E-state index contributed by atoms with van der Waals surface area (Å²) in [5.41, 5.74) is 0.638. The smallest absolute Gasteiger partial charge is 0.308 e. The van der Waals surface area contributed by atoms with Crippen LogP contribution in [0.4, 0.5) is 29.3 Å². The Kier molecular flexibility index (Phi) is 5.46. The lowest BCUT2D eigenvalue weighted by atomic mass is 10.1. The Morgan fingerprint density at radius 1 is 1.00 bits per heavy atom. The van der Waals surface area contributed by atoms with E-state index in [-0.39, 0.29) is 5.69 Å². The highest BCUT2D eigenvalue weighted by molar-refractivity contribution is 6.00. The van der Waals surface area contributed by atoms with Crippen molar-refractivity contribution in [2.75, 3.05) is 23.7 Å². The third kappa shape index (κ3) is 4.76. The molecule has 1 fully saturated rings. The zero-order chi connectivity index (χ0) is 18.6. The number of urea groups is 1. The summed E-state index contributed by atoms with van der Waals surface area (Å²) in [5, 5.41) is 5.19. The first-order valence-corrected chi connectivity index (χ1v) is 8.47. The minimum atomic E-state index is -4.46. The summed E-state index contributed by atoms with van der Waals surface area (Å²) >= 11 is 0. The highest BCUT2D eigenvalue weighted by Crippen LogP contribution is 2.33. The van der Waals surface area contributed by atoms with Gasteiger partial charge in [-0.25, -0.2) is 4.79 Å². The van der Waals surface area contributed by atoms with Crippen molar-refractivity contribution >= 4 is 17.4 Å². The van der Waals surface area contributed by atoms with Crippen molar-refractivity contribution < 1.29 is 18.0 Å². The summed E-state index contributed by atoms with van der Waals surface area (Å²) < 4.78 is 39.1. The molecule has 1 aliphatic heterocycles. The highest BCUT2D eigenvalue weighted by atomic mass is 19.4. The van der Waals surface area contributed by atoms with E-state index >= 15 is 0 Å². The summed E-state index contributed by atoms with van der Waals surface area (Å²) in [6, 6.07) is 11.7. The molecule has 138 valence electrons. The molecule has 0 spiro atoms. The Hall–Kier alpha value is -2.54. The maximum absolute atomic E-state index is 13.0. The topological polar surface area (TPSA) is 44.4 Å². The summed E-state index contributed by atoms with van der Waals surface area (Å²) in [7, 11) is 0. The average Bonchev–Trinajstić information content (AvgIpc) is 3.09. The van der Waals surface area contributed by atoms with E-state index in [1.165, 1.54) is 6.07 Å². The highest BCUT2D eigenvalue weighted by Gasteiger charge is 2.31. The van der Waals surface area contributed by atoms with E-state index in [1.807, 2.05) is 6.07 Å². The lowest BCUT2D eigenvalue weighted by molar-refractivity contribution is -0.137. The molecule has 0 radical (unpaired) electrons. The van der Waals surface area contributed by atoms with E-state index in [0.29, 0.717) is 17.8 Å². The Bertz CT molecular complexity index is 756. The number of carbonyl (C=O) groups is 1. The van der Waals surface area contributed by atoms with Gasteiger partial charge in [-0.15, -0.1) is 0 Å². The number of rotatable bonds is 4. The van der Waals surface area contributed by atoms with Gasteiger partial charge in [-0.3, -0.25) is 4.90 Å². The van der Waals surface area contributed by atoms with Gasteiger partial charge < -0.3 is 10.6 Å². The van der Waals surface area contributed by atoms with Gasteiger partial charge in [0.1, 0.15) is 0 Å². The van der Waals surface area contributed by atoms with Crippen molar-refractivity contribution in [3.63, 3.8) is 0 Å². The molecule has 0 unspecified atom stereocenters. The standard InChI is InChI=1S/C19H20F3N3O/c20-19(21,22)15-9-8-14(13-25-10-4-5-11-25)17(12-15)24-18(26)23-16-6-2-1-3-7-16/h1-3,6-9,12H,4-5,10-11,13H2,(H2,23,24,26). The van der Waals surface area contributed by atoms with Crippen LogP contribution >= 0.6 is 0 Å². The van der Waals surface area contributed by atoms with Gasteiger partial charge in [-0.1, -0.05) is 24.3 Å². The van der Waals surface area contributed by atoms with Gasteiger partial charge in [0.05, 0.1) is 5.56 Å². The predicted octanol–water partition coefficient (Wildman–Crippen LogP) is 4.95. The zero-order valence-electron chi connectivity index (χ0n) is 14.1. The third-order valence-corrected chi connectivity index (χ3v) is 4.31. The fourth-order valence-corrected chi connectivity index (χ4v) is 2.99. The molecule has 1 saturated heterocycles. The van der Waals surface area contributed by atoms with Crippen LogP contribution in [-0.4, -0.2) is 24.0 Å². The molecule has 4 nitrogen and oxygen atoms in total. The fraction of sp³-hybridized carbons (Fsp3) is 0.316. The Morgan fingerprint density at radius 2 is 1.69 bits per heavy atom. The average molecular weight is 363 g/mol. The van der Waals surface area contributed by atoms with Crippen LogP contribution in [0.25, 0.3) is 0 Å². The molecule has 0 bridgehead atoms. The summed E-state index contributed by atoms with van der Waals surface area (Å²) in [6.45, 7) is 2.34. The van der Waals surface area contributed by atoms with Gasteiger partial charge in [0.2, 0.25) is 0 Å². The van der Waals surface area contributed by atoms with E-state index < -0.39 is 17.8 Å². The van der Waals surface area contributed by atoms with Crippen LogP contribution in [0.3, 0.4) is 0 Å². The number of anilines is 2. The normalized spacial score (nSPS) is 15.0. The van der Waals surface area contributed by atoms with Gasteiger partial charge in [0.15, 0.2) is 0 Å². The zero-order valence-corrected chi connectivity index (χ0v) is 14.1. The molecule has 1 aliphatic rings. The Morgan fingerprint density at radius 3 is 2.35 bits per heavy atom. The summed E-state index contributed by atoms with van der Waals surface area (Å²) in [6.07, 6.45) is -2.30. The van der Waals surface area contributed by atoms with Gasteiger partial charge >= 0.3 is 12.2 Å². The number of hydrogen-bond acceptors (Lipinski definition) is 2. The maximum atomic E-state index is 13.0. The number of hydrogen-bond donors (Lipinski definition) is 2. The molecule has 2 aromatic carbocycles. The first kappa shape index (κ1) is 18.3. The summed E-state index contributed by atoms with van der Waals surface area (Å²) in [5.74, 6) is 0. The van der Waals surface area contributed by atoms with Crippen molar-refractivity contribution in [1.29, 1.82) is 0 Å². The Labute approximate surface area is 150 Å². The van der Waals surface area contributed by atoms with E-state index in [4.69, 9.17) is 0 Å². The van der Waals surface area contributed by atoms with Crippen LogP contribution in [0, 0.1) is 0 Å². The first-order valence-electron chi connectivity index (χ1n) is 8.47. The van der Waals surface area contributed by atoms with Crippen molar-refractivity contribution in [3.05, 3.63) is 59.7 Å². The number of carbonyl (C=O) groups excluding carboxylic acids is 1. The number of para-hydroxylation sites is 1. The lowest BCUT2D eigenvalue weighted by Crippen LogP contribution is -2.23. The summed E-state index contributed by atoms with van der Waals surface area (Å²) in [4.78, 5) is 14.4. The van der Waals surface area contributed by atoms with Gasteiger partial charge in [0.25, 0.3) is 0 Å². The predicted molar refractivity (Wildman–Crippen MR) is 95.0 cm³/mol. The molecule has 2 aromatic rings. The first-order chi connectivity index (χ1) is 12.4. The second-order valence-electron chi connectivity index (χ2n) is 6.30. The van der Waals surface area contributed by atoms with Gasteiger partial charge in [-0.05, 0) is 55.8 Å². The van der Waals surface area contributed by atoms with Crippen LogP contribution in [0.15, 0.2) is 48.5 Å². The van der Waals surface area contributed by atoms with Crippen LogP contribution < -0.4 is 10.6 Å². The molecular weight excluding hydrogens is 343 g/mol. The van der Waals surface area contributed by atoms with E-state index in [0.717, 1.165) is 38.1 Å². The molecule has 0 aliphatic carbocycles. The Balaban J connectivity index is 1.80. The fourth-order valence-electron chi connectivity index (χ4n) is 2.99. The van der Waals surface area contributed by atoms with Crippen LogP contribution in [0.5, 0.6) is 0 Å². The van der Waals surface area contributed by atoms with Crippen molar-refractivity contribution in [2.45, 2.75) is 25.6 Å². The molecule has 7 heteroatoms. The van der Waals surface area contributed by atoms with Crippen molar-refractivity contribution in [1.82, 2.24) is 4.90 Å². The second-order valence-corrected chi connectivity index (χ2v) is 6.30. The molecule has 3 rings (SSSR count). The number of benzene rings is 2. The van der Waals surface area contributed by atoms with E-state index in [9.17, 15) is 18.0 Å². The van der Waals surface area contributed by atoms with Crippen LogP contribution in [0.1, 0.15) is 24.0 Å². The minimum absolute atomic E-state index is 0.181. The molecule has 0 saturated carbocycles. The number of halogens is 3.